The van der Waals surface area contributed by atoms with Crippen LogP contribution >= 0.6 is 0 Å². The molecule has 0 unspecified atom stereocenters. The lowest BCUT2D eigenvalue weighted by Crippen LogP contribution is -1.95. The van der Waals surface area contributed by atoms with Crippen LogP contribution in [0.2, 0.25) is 0 Å². The summed E-state index contributed by atoms with van der Waals surface area (Å²) < 4.78 is 10.7. The number of aromatic hydroxyl groups is 1. The summed E-state index contributed by atoms with van der Waals surface area (Å²) in [5.41, 5.74) is 10.6. The van der Waals surface area contributed by atoms with Gasteiger partial charge in [0, 0.05) is 11.6 Å². The minimum absolute atomic E-state index is 0.173. The summed E-state index contributed by atoms with van der Waals surface area (Å²) in [4.78, 5) is 0. The highest BCUT2D eigenvalue weighted by Gasteiger charge is 2.09. The Bertz CT molecular complexity index is 803. The first-order valence-corrected chi connectivity index (χ1v) is 8.09. The molecule has 0 spiro atoms. The standard InChI is InChI=1S/C21H25NO3/c1-14(2)5-9-18-16(12-17(23)13-20(18)24-3)8-6-15-7-10-19(22)21(11-15)25-4/h5-8,10-13,23H,9,22H2,1-4H3. The molecule has 3 N–H and O–H groups in total. The second-order valence-electron chi connectivity index (χ2n) is 6.04. The number of benzene rings is 2. The number of phenolic OH excluding ortho intramolecular Hbond substituents is 1. The molecule has 0 aliphatic carbocycles. The van der Waals surface area contributed by atoms with Gasteiger partial charge >= 0.3 is 0 Å². The third-order valence-electron chi connectivity index (χ3n) is 3.88. The van der Waals surface area contributed by atoms with E-state index in [0.717, 1.165) is 23.1 Å². The molecule has 132 valence electrons. The third kappa shape index (κ3) is 4.80. The van der Waals surface area contributed by atoms with Gasteiger partial charge in [-0.1, -0.05) is 29.9 Å². The first kappa shape index (κ1) is 18.5. The molecule has 0 saturated heterocycles. The summed E-state index contributed by atoms with van der Waals surface area (Å²) in [6, 6.07) is 8.98. The molecule has 2 rings (SSSR count). The van der Waals surface area contributed by atoms with Gasteiger partial charge in [0.25, 0.3) is 0 Å². The van der Waals surface area contributed by atoms with Crippen LogP contribution in [0.3, 0.4) is 0 Å². The molecule has 0 saturated carbocycles. The summed E-state index contributed by atoms with van der Waals surface area (Å²) in [6.07, 6.45) is 6.79. The Morgan fingerprint density at radius 2 is 1.76 bits per heavy atom. The molecule has 25 heavy (non-hydrogen) atoms. The van der Waals surface area contributed by atoms with E-state index in [0.29, 0.717) is 17.2 Å². The van der Waals surface area contributed by atoms with Crippen molar-refractivity contribution in [3.05, 3.63) is 58.7 Å². The molecule has 0 fully saturated rings. The molecule has 0 aliphatic heterocycles. The minimum atomic E-state index is 0.173. The molecule has 2 aromatic rings. The summed E-state index contributed by atoms with van der Waals surface area (Å²) in [5.74, 6) is 1.49. The molecular formula is C21H25NO3. The second-order valence-corrected chi connectivity index (χ2v) is 6.04. The van der Waals surface area contributed by atoms with Gasteiger partial charge in [-0.2, -0.15) is 0 Å². The molecule has 2 aromatic carbocycles. The first-order valence-electron chi connectivity index (χ1n) is 8.09. The van der Waals surface area contributed by atoms with Gasteiger partial charge in [-0.25, -0.2) is 0 Å². The summed E-state index contributed by atoms with van der Waals surface area (Å²) in [7, 11) is 3.20. The van der Waals surface area contributed by atoms with Crippen LogP contribution in [0.5, 0.6) is 17.2 Å². The van der Waals surface area contributed by atoms with E-state index in [-0.39, 0.29) is 5.75 Å². The number of hydrogen-bond donors (Lipinski definition) is 2. The van der Waals surface area contributed by atoms with Gasteiger partial charge in [0.1, 0.15) is 17.2 Å². The van der Waals surface area contributed by atoms with Gasteiger partial charge in [-0.05, 0) is 49.6 Å². The van der Waals surface area contributed by atoms with Crippen LogP contribution in [0.4, 0.5) is 5.69 Å². The van der Waals surface area contributed by atoms with Gasteiger partial charge in [-0.3, -0.25) is 0 Å². The van der Waals surface area contributed by atoms with E-state index in [1.807, 2.05) is 30.4 Å². The topological polar surface area (TPSA) is 64.7 Å². The molecule has 4 nitrogen and oxygen atoms in total. The maximum absolute atomic E-state index is 9.98. The van der Waals surface area contributed by atoms with E-state index in [4.69, 9.17) is 15.2 Å². The zero-order valence-corrected chi connectivity index (χ0v) is 15.2. The van der Waals surface area contributed by atoms with Crippen LogP contribution in [0.15, 0.2) is 42.0 Å². The maximum Gasteiger partial charge on any atom is 0.142 e. The maximum atomic E-state index is 9.98. The molecular weight excluding hydrogens is 314 g/mol. The highest BCUT2D eigenvalue weighted by atomic mass is 16.5. The van der Waals surface area contributed by atoms with E-state index in [1.165, 1.54) is 5.57 Å². The van der Waals surface area contributed by atoms with Gasteiger partial charge in [0.2, 0.25) is 0 Å². The van der Waals surface area contributed by atoms with Crippen molar-refractivity contribution in [1.82, 2.24) is 0 Å². The van der Waals surface area contributed by atoms with E-state index in [9.17, 15) is 5.11 Å². The highest BCUT2D eigenvalue weighted by molar-refractivity contribution is 5.75. The summed E-state index contributed by atoms with van der Waals surface area (Å²) in [5, 5.41) is 9.98. The van der Waals surface area contributed by atoms with E-state index in [2.05, 4.69) is 19.9 Å². The fraction of sp³-hybridized carbons (Fsp3) is 0.238. The van der Waals surface area contributed by atoms with Crippen LogP contribution in [0.1, 0.15) is 30.5 Å². The highest BCUT2D eigenvalue weighted by Crippen LogP contribution is 2.31. The Balaban J connectivity index is 2.43. The Labute approximate surface area is 149 Å². The lowest BCUT2D eigenvalue weighted by molar-refractivity contribution is 0.403. The number of nitrogens with two attached hydrogens (primary N) is 1. The average Bonchev–Trinajstić information content (AvgIpc) is 2.59. The predicted molar refractivity (Wildman–Crippen MR) is 104 cm³/mol. The minimum Gasteiger partial charge on any atom is -0.508 e. The molecule has 4 heteroatoms. The van der Waals surface area contributed by atoms with Crippen LogP contribution in [-0.2, 0) is 6.42 Å². The molecule has 0 aromatic heterocycles. The Morgan fingerprint density at radius 1 is 1.04 bits per heavy atom. The third-order valence-corrected chi connectivity index (χ3v) is 3.88. The molecule has 0 amide bonds. The second kappa shape index (κ2) is 8.29. The van der Waals surface area contributed by atoms with Crippen molar-refractivity contribution in [2.24, 2.45) is 0 Å². The molecule has 0 heterocycles. The number of rotatable bonds is 6. The number of hydrogen-bond acceptors (Lipinski definition) is 4. The smallest absolute Gasteiger partial charge is 0.142 e. The zero-order valence-electron chi connectivity index (χ0n) is 15.2. The lowest BCUT2D eigenvalue weighted by atomic mass is 10.00. The predicted octanol–water partition coefficient (Wildman–Crippen LogP) is 4.67. The summed E-state index contributed by atoms with van der Waals surface area (Å²) >= 11 is 0. The quantitative estimate of drug-likeness (QED) is 0.456. The number of ether oxygens (including phenoxy) is 2. The van der Waals surface area contributed by atoms with Gasteiger partial charge in [-0.15, -0.1) is 0 Å². The van der Waals surface area contributed by atoms with E-state index in [1.54, 1.807) is 26.4 Å². The van der Waals surface area contributed by atoms with Crippen molar-refractivity contribution in [2.45, 2.75) is 20.3 Å². The number of phenols is 1. The lowest BCUT2D eigenvalue weighted by Gasteiger charge is -2.12. The SMILES string of the molecule is COc1cc(C=Cc2cc(O)cc(OC)c2CC=C(C)C)ccc1N. The number of methoxy groups -OCH3 is 2. The summed E-state index contributed by atoms with van der Waals surface area (Å²) in [6.45, 7) is 4.12. The van der Waals surface area contributed by atoms with Crippen molar-refractivity contribution in [3.8, 4) is 17.2 Å². The van der Waals surface area contributed by atoms with Crippen LogP contribution in [-0.4, -0.2) is 19.3 Å². The molecule has 0 aliphatic rings. The fourth-order valence-electron chi connectivity index (χ4n) is 2.52. The van der Waals surface area contributed by atoms with Crippen LogP contribution in [0.25, 0.3) is 12.2 Å². The fourth-order valence-corrected chi connectivity index (χ4v) is 2.52. The van der Waals surface area contributed by atoms with Crippen molar-refractivity contribution in [1.29, 1.82) is 0 Å². The number of allylic oxidation sites excluding steroid dienone is 2. The molecule has 0 bridgehead atoms. The van der Waals surface area contributed by atoms with E-state index < -0.39 is 0 Å². The number of anilines is 1. The van der Waals surface area contributed by atoms with Crippen LogP contribution in [0, 0.1) is 0 Å². The van der Waals surface area contributed by atoms with E-state index >= 15 is 0 Å². The van der Waals surface area contributed by atoms with Crippen molar-refractivity contribution in [2.75, 3.05) is 20.0 Å². The van der Waals surface area contributed by atoms with Gasteiger partial charge in [0.05, 0.1) is 19.9 Å². The molecule has 0 radical (unpaired) electrons. The van der Waals surface area contributed by atoms with Gasteiger partial charge < -0.3 is 20.3 Å². The zero-order chi connectivity index (χ0) is 18.4. The Kier molecular flexibility index (Phi) is 6.12. The van der Waals surface area contributed by atoms with Crippen LogP contribution < -0.4 is 15.2 Å². The largest absolute Gasteiger partial charge is 0.508 e. The first-order chi connectivity index (χ1) is 11.9. The van der Waals surface area contributed by atoms with Crippen molar-refractivity contribution < 1.29 is 14.6 Å². The Hall–Kier alpha value is -2.88. The van der Waals surface area contributed by atoms with Crippen molar-refractivity contribution >= 4 is 17.8 Å². The monoisotopic (exact) mass is 339 g/mol. The number of nitrogen functional groups attached to an aromatic ring is 1. The normalized spacial score (nSPS) is 10.7. The molecule has 0 atom stereocenters. The Morgan fingerprint density at radius 3 is 2.40 bits per heavy atom. The van der Waals surface area contributed by atoms with Crippen molar-refractivity contribution in [3.63, 3.8) is 0 Å². The van der Waals surface area contributed by atoms with Gasteiger partial charge in [0.15, 0.2) is 0 Å². The average molecular weight is 339 g/mol.